The third-order valence-electron chi connectivity index (χ3n) is 2.41. The Morgan fingerprint density at radius 2 is 2.25 bits per heavy atom. The molecule has 0 saturated heterocycles. The predicted molar refractivity (Wildman–Crippen MR) is 67.2 cm³/mol. The standard InChI is InChI=1S/C10H12N4S2/c1-2-11-10-14-13-9(16-10)7-5-12-8(15-7)6-3-4-6/h5-6H,2-4H2,1H3,(H,11,14). The van der Waals surface area contributed by atoms with Gasteiger partial charge < -0.3 is 5.32 Å². The fourth-order valence-electron chi connectivity index (χ4n) is 1.45. The van der Waals surface area contributed by atoms with Gasteiger partial charge in [-0.05, 0) is 19.8 Å². The van der Waals surface area contributed by atoms with Gasteiger partial charge in [-0.3, -0.25) is 0 Å². The molecule has 1 aliphatic rings. The van der Waals surface area contributed by atoms with Crippen molar-refractivity contribution in [3.8, 4) is 9.88 Å². The Balaban J connectivity index is 1.83. The van der Waals surface area contributed by atoms with Crippen LogP contribution in [-0.2, 0) is 0 Å². The van der Waals surface area contributed by atoms with E-state index >= 15 is 0 Å². The van der Waals surface area contributed by atoms with E-state index in [1.807, 2.05) is 6.20 Å². The molecule has 2 aromatic heterocycles. The van der Waals surface area contributed by atoms with Crippen molar-refractivity contribution in [2.24, 2.45) is 0 Å². The number of anilines is 1. The van der Waals surface area contributed by atoms with Crippen molar-refractivity contribution in [1.29, 1.82) is 0 Å². The van der Waals surface area contributed by atoms with Crippen LogP contribution in [0.25, 0.3) is 9.88 Å². The number of nitrogens with one attached hydrogen (secondary N) is 1. The first-order chi connectivity index (χ1) is 7.86. The Bertz CT molecular complexity index is 486. The summed E-state index contributed by atoms with van der Waals surface area (Å²) in [4.78, 5) is 5.59. The van der Waals surface area contributed by atoms with Gasteiger partial charge in [0.25, 0.3) is 0 Å². The molecule has 0 amide bonds. The summed E-state index contributed by atoms with van der Waals surface area (Å²) in [6.07, 6.45) is 4.52. The van der Waals surface area contributed by atoms with Crippen molar-refractivity contribution >= 4 is 27.8 Å². The van der Waals surface area contributed by atoms with Crippen molar-refractivity contribution in [3.05, 3.63) is 11.2 Å². The average molecular weight is 252 g/mol. The van der Waals surface area contributed by atoms with E-state index in [0.717, 1.165) is 27.5 Å². The van der Waals surface area contributed by atoms with Gasteiger partial charge in [-0.2, -0.15) is 0 Å². The second-order valence-electron chi connectivity index (χ2n) is 3.78. The first-order valence-corrected chi connectivity index (χ1v) is 7.03. The van der Waals surface area contributed by atoms with Crippen molar-refractivity contribution in [2.45, 2.75) is 25.7 Å². The summed E-state index contributed by atoms with van der Waals surface area (Å²) in [6, 6.07) is 0. The Kier molecular flexibility index (Phi) is 2.61. The maximum atomic E-state index is 4.45. The van der Waals surface area contributed by atoms with Gasteiger partial charge in [-0.25, -0.2) is 4.98 Å². The molecule has 0 atom stereocenters. The lowest BCUT2D eigenvalue weighted by molar-refractivity contribution is 1.07. The van der Waals surface area contributed by atoms with E-state index in [4.69, 9.17) is 0 Å². The lowest BCUT2D eigenvalue weighted by atomic mass is 10.5. The van der Waals surface area contributed by atoms with Crippen LogP contribution in [0.15, 0.2) is 6.20 Å². The molecule has 0 bridgehead atoms. The maximum absolute atomic E-state index is 4.45. The molecule has 3 rings (SSSR count). The Morgan fingerprint density at radius 3 is 3.00 bits per heavy atom. The van der Waals surface area contributed by atoms with Gasteiger partial charge in [0.2, 0.25) is 5.13 Å². The zero-order valence-corrected chi connectivity index (χ0v) is 10.6. The number of hydrogen-bond donors (Lipinski definition) is 1. The molecule has 0 aliphatic heterocycles. The first kappa shape index (κ1) is 10.2. The summed E-state index contributed by atoms with van der Waals surface area (Å²) in [7, 11) is 0. The lowest BCUT2D eigenvalue weighted by Crippen LogP contribution is -1.94. The van der Waals surface area contributed by atoms with Crippen molar-refractivity contribution in [1.82, 2.24) is 15.2 Å². The highest BCUT2D eigenvalue weighted by Gasteiger charge is 2.27. The van der Waals surface area contributed by atoms with Gasteiger partial charge >= 0.3 is 0 Å². The fourth-order valence-corrected chi connectivity index (χ4v) is 3.38. The number of rotatable bonds is 4. The van der Waals surface area contributed by atoms with Crippen LogP contribution in [0.2, 0.25) is 0 Å². The highest BCUT2D eigenvalue weighted by molar-refractivity contribution is 7.23. The van der Waals surface area contributed by atoms with Crippen LogP contribution in [0.5, 0.6) is 0 Å². The van der Waals surface area contributed by atoms with Gasteiger partial charge in [0.05, 0.1) is 9.88 Å². The molecule has 1 aliphatic carbocycles. The third-order valence-corrected chi connectivity index (χ3v) is 4.62. The van der Waals surface area contributed by atoms with E-state index in [2.05, 4.69) is 27.4 Å². The van der Waals surface area contributed by atoms with Crippen LogP contribution in [0.1, 0.15) is 30.7 Å². The highest BCUT2D eigenvalue weighted by Crippen LogP contribution is 2.43. The van der Waals surface area contributed by atoms with Crippen molar-refractivity contribution < 1.29 is 0 Å². The molecule has 0 spiro atoms. The van der Waals surface area contributed by atoms with Crippen LogP contribution in [0.3, 0.4) is 0 Å². The van der Waals surface area contributed by atoms with Crippen LogP contribution < -0.4 is 5.32 Å². The van der Waals surface area contributed by atoms with Gasteiger partial charge in [-0.15, -0.1) is 21.5 Å². The van der Waals surface area contributed by atoms with Gasteiger partial charge in [0.15, 0.2) is 5.01 Å². The van der Waals surface area contributed by atoms with E-state index in [1.54, 1.807) is 22.7 Å². The van der Waals surface area contributed by atoms with E-state index < -0.39 is 0 Å². The molecule has 1 saturated carbocycles. The molecule has 0 unspecified atom stereocenters. The van der Waals surface area contributed by atoms with Gasteiger partial charge in [-0.1, -0.05) is 11.3 Å². The summed E-state index contributed by atoms with van der Waals surface area (Å²) in [5.74, 6) is 0.722. The molecule has 1 N–H and O–H groups in total. The Morgan fingerprint density at radius 1 is 1.38 bits per heavy atom. The number of nitrogens with zero attached hydrogens (tertiary/aromatic N) is 3. The largest absolute Gasteiger partial charge is 0.360 e. The molecule has 84 valence electrons. The van der Waals surface area contributed by atoms with Crippen LogP contribution in [0, 0.1) is 0 Å². The molecule has 2 heterocycles. The number of hydrogen-bond acceptors (Lipinski definition) is 6. The summed E-state index contributed by atoms with van der Waals surface area (Å²) < 4.78 is 0. The van der Waals surface area contributed by atoms with Gasteiger partial charge in [0, 0.05) is 18.7 Å². The molecule has 6 heteroatoms. The topological polar surface area (TPSA) is 50.7 Å². The predicted octanol–water partition coefficient (Wildman–Crippen LogP) is 2.97. The minimum absolute atomic E-state index is 0.722. The quantitative estimate of drug-likeness (QED) is 0.909. The summed E-state index contributed by atoms with van der Waals surface area (Å²) >= 11 is 3.35. The lowest BCUT2D eigenvalue weighted by Gasteiger charge is -1.91. The molecule has 1 fully saturated rings. The molecular formula is C10H12N4S2. The van der Waals surface area contributed by atoms with Crippen LogP contribution >= 0.6 is 22.7 Å². The SMILES string of the molecule is CCNc1nnc(-c2cnc(C3CC3)s2)s1. The molecule has 0 radical (unpaired) electrons. The number of aromatic nitrogens is 3. The smallest absolute Gasteiger partial charge is 0.206 e. The maximum Gasteiger partial charge on any atom is 0.206 e. The third kappa shape index (κ3) is 1.94. The molecular weight excluding hydrogens is 240 g/mol. The monoisotopic (exact) mass is 252 g/mol. The van der Waals surface area contributed by atoms with Crippen molar-refractivity contribution in [2.75, 3.05) is 11.9 Å². The Labute approximate surface area is 102 Å². The van der Waals surface area contributed by atoms with Crippen LogP contribution in [-0.4, -0.2) is 21.7 Å². The second kappa shape index (κ2) is 4.10. The summed E-state index contributed by atoms with van der Waals surface area (Å²) in [6.45, 7) is 2.93. The van der Waals surface area contributed by atoms with Gasteiger partial charge in [0.1, 0.15) is 0 Å². The number of thiazole rings is 1. The second-order valence-corrected chi connectivity index (χ2v) is 5.82. The van der Waals surface area contributed by atoms with Crippen LogP contribution in [0.4, 0.5) is 5.13 Å². The minimum Gasteiger partial charge on any atom is -0.360 e. The van der Waals surface area contributed by atoms with E-state index in [-0.39, 0.29) is 0 Å². The Hall–Kier alpha value is -1.01. The average Bonchev–Trinajstić information content (AvgIpc) is 2.85. The van der Waals surface area contributed by atoms with E-state index in [0.29, 0.717) is 0 Å². The van der Waals surface area contributed by atoms with E-state index in [1.165, 1.54) is 17.8 Å². The molecule has 16 heavy (non-hydrogen) atoms. The molecule has 4 nitrogen and oxygen atoms in total. The van der Waals surface area contributed by atoms with Crippen molar-refractivity contribution in [3.63, 3.8) is 0 Å². The zero-order valence-electron chi connectivity index (χ0n) is 8.93. The summed E-state index contributed by atoms with van der Waals surface area (Å²) in [5, 5.41) is 14.6. The molecule has 0 aromatic carbocycles. The highest BCUT2D eigenvalue weighted by atomic mass is 32.1. The minimum atomic E-state index is 0.722. The zero-order chi connectivity index (χ0) is 11.0. The van der Waals surface area contributed by atoms with E-state index in [9.17, 15) is 0 Å². The molecule has 2 aromatic rings. The fraction of sp³-hybridized carbons (Fsp3) is 0.500. The summed E-state index contributed by atoms with van der Waals surface area (Å²) in [5.41, 5.74) is 0. The normalized spacial score (nSPS) is 15.3. The first-order valence-electron chi connectivity index (χ1n) is 5.40.